The van der Waals surface area contributed by atoms with Gasteiger partial charge in [0, 0.05) is 12.2 Å². The molecule has 2 aromatic rings. The van der Waals surface area contributed by atoms with Crippen molar-refractivity contribution in [3.8, 4) is 0 Å². The smallest absolute Gasteiger partial charge is 0.228 e. The van der Waals surface area contributed by atoms with Crippen molar-refractivity contribution in [2.24, 2.45) is 0 Å². The van der Waals surface area contributed by atoms with Gasteiger partial charge in [-0.2, -0.15) is 0 Å². The molecular weight excluding hydrogens is 260 g/mol. The summed E-state index contributed by atoms with van der Waals surface area (Å²) in [6, 6.07) is 14.2. The summed E-state index contributed by atoms with van der Waals surface area (Å²) in [5.74, 6) is 0.0397. The molecule has 2 N–H and O–H groups in total. The van der Waals surface area contributed by atoms with Crippen LogP contribution in [-0.4, -0.2) is 12.5 Å². The molecule has 0 fully saturated rings. The third-order valence-electron chi connectivity index (χ3n) is 3.91. The van der Waals surface area contributed by atoms with Gasteiger partial charge < -0.3 is 10.6 Å². The van der Waals surface area contributed by atoms with Crippen molar-refractivity contribution in [1.29, 1.82) is 0 Å². The van der Waals surface area contributed by atoms with Gasteiger partial charge in [-0.15, -0.1) is 0 Å². The molecule has 3 nitrogen and oxygen atoms in total. The Morgan fingerprint density at radius 2 is 2.00 bits per heavy atom. The third-order valence-corrected chi connectivity index (χ3v) is 3.91. The lowest BCUT2D eigenvalue weighted by Crippen LogP contribution is -2.25. The molecule has 2 aromatic carbocycles. The van der Waals surface area contributed by atoms with E-state index in [2.05, 4.69) is 16.7 Å². The van der Waals surface area contributed by atoms with E-state index in [9.17, 15) is 4.79 Å². The Bertz CT molecular complexity index is 647. The van der Waals surface area contributed by atoms with Gasteiger partial charge in [0.05, 0.1) is 6.42 Å². The van der Waals surface area contributed by atoms with E-state index >= 15 is 0 Å². The van der Waals surface area contributed by atoms with E-state index < -0.39 is 0 Å². The van der Waals surface area contributed by atoms with Crippen molar-refractivity contribution in [3.05, 3.63) is 64.7 Å². The van der Waals surface area contributed by atoms with Crippen LogP contribution in [0.3, 0.4) is 0 Å². The molecular formula is C18H20N2O. The topological polar surface area (TPSA) is 41.1 Å². The lowest BCUT2D eigenvalue weighted by Gasteiger charge is -2.20. The first kappa shape index (κ1) is 13.8. The standard InChI is InChI=1S/C18H20N2O/c1-13-5-7-14(8-6-13)11-18(21)20-17-4-2-3-15-9-10-19-12-16(15)17/h2-8,19H,9-12H2,1H3,(H,20,21). The Morgan fingerprint density at radius 3 is 2.81 bits per heavy atom. The number of rotatable bonds is 3. The Kier molecular flexibility index (Phi) is 4.02. The summed E-state index contributed by atoms with van der Waals surface area (Å²) in [6.45, 7) is 3.89. The summed E-state index contributed by atoms with van der Waals surface area (Å²) in [7, 11) is 0. The molecule has 0 aliphatic carbocycles. The molecule has 0 aromatic heterocycles. The molecule has 0 atom stereocenters. The minimum absolute atomic E-state index is 0.0397. The molecule has 0 bridgehead atoms. The number of hydrogen-bond donors (Lipinski definition) is 2. The van der Waals surface area contributed by atoms with Crippen LogP contribution in [0.1, 0.15) is 22.3 Å². The Morgan fingerprint density at radius 1 is 1.19 bits per heavy atom. The summed E-state index contributed by atoms with van der Waals surface area (Å²) in [5, 5.41) is 6.41. The second-order valence-electron chi connectivity index (χ2n) is 5.58. The second-order valence-corrected chi connectivity index (χ2v) is 5.58. The van der Waals surface area contributed by atoms with Gasteiger partial charge in [0.2, 0.25) is 5.91 Å². The molecule has 0 saturated heterocycles. The summed E-state index contributed by atoms with van der Waals surface area (Å²) < 4.78 is 0. The van der Waals surface area contributed by atoms with E-state index in [1.165, 1.54) is 16.7 Å². The first-order valence-corrected chi connectivity index (χ1v) is 7.39. The fourth-order valence-corrected chi connectivity index (χ4v) is 2.72. The maximum Gasteiger partial charge on any atom is 0.228 e. The largest absolute Gasteiger partial charge is 0.325 e. The van der Waals surface area contributed by atoms with Crippen molar-refractivity contribution in [2.75, 3.05) is 11.9 Å². The van der Waals surface area contributed by atoms with Crippen molar-refractivity contribution in [3.63, 3.8) is 0 Å². The summed E-state index contributed by atoms with van der Waals surface area (Å²) in [6.07, 6.45) is 1.44. The van der Waals surface area contributed by atoms with Crippen molar-refractivity contribution in [2.45, 2.75) is 26.3 Å². The molecule has 21 heavy (non-hydrogen) atoms. The predicted octanol–water partition coefficient (Wildman–Crippen LogP) is 2.82. The molecule has 0 unspecified atom stereocenters. The second kappa shape index (κ2) is 6.10. The number of carbonyl (C=O) groups is 1. The molecule has 0 saturated carbocycles. The molecule has 3 heteroatoms. The first-order valence-electron chi connectivity index (χ1n) is 7.39. The van der Waals surface area contributed by atoms with Gasteiger partial charge in [0.1, 0.15) is 0 Å². The highest BCUT2D eigenvalue weighted by Crippen LogP contribution is 2.23. The van der Waals surface area contributed by atoms with Gasteiger partial charge in [0.15, 0.2) is 0 Å². The molecule has 108 valence electrons. The third kappa shape index (κ3) is 3.31. The summed E-state index contributed by atoms with van der Waals surface area (Å²) >= 11 is 0. The van der Waals surface area contributed by atoms with Crippen LogP contribution >= 0.6 is 0 Å². The van der Waals surface area contributed by atoms with Crippen LogP contribution in [0.15, 0.2) is 42.5 Å². The van der Waals surface area contributed by atoms with Crippen LogP contribution in [0.4, 0.5) is 5.69 Å². The van der Waals surface area contributed by atoms with Gasteiger partial charge in [-0.25, -0.2) is 0 Å². The number of amides is 1. The van der Waals surface area contributed by atoms with Crippen LogP contribution in [0.25, 0.3) is 0 Å². The number of aryl methyl sites for hydroxylation is 1. The van der Waals surface area contributed by atoms with Crippen molar-refractivity contribution < 1.29 is 4.79 Å². The van der Waals surface area contributed by atoms with Crippen LogP contribution < -0.4 is 10.6 Å². The summed E-state index contributed by atoms with van der Waals surface area (Å²) in [4.78, 5) is 12.2. The zero-order chi connectivity index (χ0) is 14.7. The highest BCUT2D eigenvalue weighted by Gasteiger charge is 2.14. The maximum absolute atomic E-state index is 12.2. The number of fused-ring (bicyclic) bond motifs is 1. The van der Waals surface area contributed by atoms with Crippen LogP contribution in [0, 0.1) is 6.92 Å². The van der Waals surface area contributed by atoms with Gasteiger partial charge in [0.25, 0.3) is 0 Å². The first-order chi connectivity index (χ1) is 10.2. The van der Waals surface area contributed by atoms with Gasteiger partial charge >= 0.3 is 0 Å². The van der Waals surface area contributed by atoms with E-state index in [1.807, 2.05) is 43.3 Å². The molecule has 1 aliphatic heterocycles. The lowest BCUT2D eigenvalue weighted by molar-refractivity contribution is -0.115. The maximum atomic E-state index is 12.2. The number of benzene rings is 2. The quantitative estimate of drug-likeness (QED) is 0.907. The number of carbonyl (C=O) groups excluding carboxylic acids is 1. The average Bonchev–Trinajstić information content (AvgIpc) is 2.50. The summed E-state index contributed by atoms with van der Waals surface area (Å²) in [5.41, 5.74) is 5.75. The van der Waals surface area contributed by atoms with Crippen LogP contribution in [-0.2, 0) is 24.2 Å². The normalized spacial score (nSPS) is 13.6. The molecule has 0 radical (unpaired) electrons. The fourth-order valence-electron chi connectivity index (χ4n) is 2.72. The monoisotopic (exact) mass is 280 g/mol. The minimum atomic E-state index is 0.0397. The van der Waals surface area contributed by atoms with Crippen LogP contribution in [0.2, 0.25) is 0 Å². The zero-order valence-electron chi connectivity index (χ0n) is 12.3. The highest BCUT2D eigenvalue weighted by molar-refractivity contribution is 5.93. The molecule has 1 amide bonds. The number of hydrogen-bond acceptors (Lipinski definition) is 2. The van der Waals surface area contributed by atoms with E-state index in [0.29, 0.717) is 6.42 Å². The van der Waals surface area contributed by atoms with E-state index in [4.69, 9.17) is 0 Å². The van der Waals surface area contributed by atoms with E-state index in [0.717, 1.165) is 30.8 Å². The predicted molar refractivity (Wildman–Crippen MR) is 85.4 cm³/mol. The van der Waals surface area contributed by atoms with Gasteiger partial charge in [-0.05, 0) is 42.6 Å². The van der Waals surface area contributed by atoms with E-state index in [-0.39, 0.29) is 5.91 Å². The Hall–Kier alpha value is -2.13. The SMILES string of the molecule is Cc1ccc(CC(=O)Nc2cccc3c2CNCC3)cc1. The molecule has 1 heterocycles. The van der Waals surface area contributed by atoms with Crippen molar-refractivity contribution in [1.82, 2.24) is 5.32 Å². The van der Waals surface area contributed by atoms with Gasteiger partial charge in [-0.1, -0.05) is 42.0 Å². The molecule has 1 aliphatic rings. The molecule has 3 rings (SSSR count). The minimum Gasteiger partial charge on any atom is -0.325 e. The highest BCUT2D eigenvalue weighted by atomic mass is 16.1. The lowest BCUT2D eigenvalue weighted by atomic mass is 9.99. The number of nitrogens with one attached hydrogen (secondary N) is 2. The fraction of sp³-hybridized carbons (Fsp3) is 0.278. The molecule has 0 spiro atoms. The Labute approximate surface area is 125 Å². The Balaban J connectivity index is 1.71. The zero-order valence-corrected chi connectivity index (χ0v) is 12.3. The van der Waals surface area contributed by atoms with Crippen LogP contribution in [0.5, 0.6) is 0 Å². The number of anilines is 1. The average molecular weight is 280 g/mol. The van der Waals surface area contributed by atoms with Gasteiger partial charge in [-0.3, -0.25) is 4.79 Å². The van der Waals surface area contributed by atoms with Crippen molar-refractivity contribution >= 4 is 11.6 Å². The van der Waals surface area contributed by atoms with E-state index in [1.54, 1.807) is 0 Å².